The van der Waals surface area contributed by atoms with E-state index >= 15 is 0 Å². The number of imidazole rings is 1. The summed E-state index contributed by atoms with van der Waals surface area (Å²) in [5.41, 5.74) is 5.30. The zero-order valence-corrected chi connectivity index (χ0v) is 17.2. The summed E-state index contributed by atoms with van der Waals surface area (Å²) in [4.78, 5) is 4.58. The monoisotopic (exact) mass is 404 g/mol. The summed E-state index contributed by atoms with van der Waals surface area (Å²) in [7, 11) is 2.00. The van der Waals surface area contributed by atoms with Gasteiger partial charge in [0, 0.05) is 17.8 Å². The van der Waals surface area contributed by atoms with Crippen LogP contribution < -0.4 is 9.30 Å². The third-order valence-corrected chi connectivity index (χ3v) is 5.12. The van der Waals surface area contributed by atoms with Crippen molar-refractivity contribution in [1.29, 1.82) is 0 Å². The summed E-state index contributed by atoms with van der Waals surface area (Å²) in [5, 5.41) is 0. The highest BCUT2D eigenvalue weighted by Crippen LogP contribution is 2.29. The molecule has 0 saturated heterocycles. The molecule has 0 unspecified atom stereocenters. The lowest BCUT2D eigenvalue weighted by Crippen LogP contribution is -2.23. The van der Waals surface area contributed by atoms with Gasteiger partial charge in [0.25, 0.3) is 0 Å². The highest BCUT2D eigenvalue weighted by molar-refractivity contribution is 5.70. The van der Waals surface area contributed by atoms with Gasteiger partial charge in [-0.1, -0.05) is 48.5 Å². The molecular formula is C27H22N3O+. The van der Waals surface area contributed by atoms with E-state index in [2.05, 4.69) is 39.9 Å². The van der Waals surface area contributed by atoms with Crippen molar-refractivity contribution in [3.63, 3.8) is 0 Å². The zero-order chi connectivity index (χ0) is 21.0. The molecule has 0 aliphatic rings. The van der Waals surface area contributed by atoms with E-state index in [1.54, 1.807) is 0 Å². The van der Waals surface area contributed by atoms with Crippen molar-refractivity contribution in [3.05, 3.63) is 116 Å². The number of hydrogen-bond donors (Lipinski definition) is 0. The Hall–Kier alpha value is -4.18. The molecule has 5 aromatic rings. The molecule has 0 fully saturated rings. The Labute approximate surface area is 181 Å². The van der Waals surface area contributed by atoms with Crippen LogP contribution in [0.4, 0.5) is 0 Å². The van der Waals surface area contributed by atoms with Crippen molar-refractivity contribution >= 4 is 0 Å². The Morgan fingerprint density at radius 2 is 1.52 bits per heavy atom. The Balaban J connectivity index is 1.42. The minimum Gasteiger partial charge on any atom is -0.457 e. The lowest BCUT2D eigenvalue weighted by molar-refractivity contribution is -0.670. The molecule has 0 N–H and O–H groups in total. The maximum Gasteiger partial charge on any atom is 0.248 e. The average Bonchev–Trinajstić information content (AvgIpc) is 3.26. The van der Waals surface area contributed by atoms with Gasteiger partial charge in [-0.25, -0.2) is 9.13 Å². The van der Waals surface area contributed by atoms with Gasteiger partial charge in [0.1, 0.15) is 29.6 Å². The van der Waals surface area contributed by atoms with E-state index in [0.29, 0.717) is 0 Å². The molecule has 0 radical (unpaired) electrons. The molecule has 0 saturated carbocycles. The maximum atomic E-state index is 6.18. The summed E-state index contributed by atoms with van der Waals surface area (Å²) in [6.07, 6.45) is 7.90. The normalized spacial score (nSPS) is 10.7. The van der Waals surface area contributed by atoms with Crippen LogP contribution in [0.1, 0.15) is 0 Å². The van der Waals surface area contributed by atoms with Crippen LogP contribution in [-0.2, 0) is 7.05 Å². The van der Waals surface area contributed by atoms with E-state index in [1.807, 2.05) is 97.2 Å². The summed E-state index contributed by atoms with van der Waals surface area (Å²) >= 11 is 0. The number of benzene rings is 3. The second-order valence-corrected chi connectivity index (χ2v) is 7.41. The van der Waals surface area contributed by atoms with Crippen LogP contribution in [0.3, 0.4) is 0 Å². The molecule has 0 atom stereocenters. The van der Waals surface area contributed by atoms with Gasteiger partial charge < -0.3 is 4.74 Å². The fraction of sp³-hybridized carbons (Fsp3) is 0.0370. The number of hydrogen-bond acceptors (Lipinski definition) is 2. The molecule has 2 aromatic heterocycles. The van der Waals surface area contributed by atoms with Crippen molar-refractivity contribution in [2.45, 2.75) is 0 Å². The fourth-order valence-electron chi connectivity index (χ4n) is 3.56. The van der Waals surface area contributed by atoms with E-state index < -0.39 is 0 Å². The minimum atomic E-state index is 0.777. The molecule has 2 heterocycles. The number of rotatable bonds is 5. The van der Waals surface area contributed by atoms with Gasteiger partial charge >= 0.3 is 0 Å². The second kappa shape index (κ2) is 8.28. The minimum absolute atomic E-state index is 0.777. The topological polar surface area (TPSA) is 30.9 Å². The van der Waals surface area contributed by atoms with Gasteiger partial charge in [0.05, 0.1) is 12.7 Å². The fourth-order valence-corrected chi connectivity index (χ4v) is 3.56. The predicted octanol–water partition coefficient (Wildman–Crippen LogP) is 5.82. The highest BCUT2D eigenvalue weighted by atomic mass is 16.5. The standard InChI is InChI=1S/C27H22N3O/c1-29-15-16-30(20-29)24-10-6-12-26(19-24)31-25-11-5-9-23(17-25)27-18-22(13-14-28-27)21-7-3-2-4-8-21/h2-20H,1H3/q+1. The van der Waals surface area contributed by atoms with Gasteiger partial charge in [-0.2, -0.15) is 0 Å². The number of aromatic nitrogens is 3. The summed E-state index contributed by atoms with van der Waals surface area (Å²) in [6, 6.07) is 30.6. The van der Waals surface area contributed by atoms with Crippen LogP contribution in [0.15, 0.2) is 116 Å². The van der Waals surface area contributed by atoms with E-state index in [0.717, 1.165) is 34.0 Å². The van der Waals surface area contributed by atoms with Gasteiger partial charge in [-0.3, -0.25) is 4.98 Å². The van der Waals surface area contributed by atoms with Crippen LogP contribution in [0, 0.1) is 0 Å². The van der Waals surface area contributed by atoms with E-state index in [-0.39, 0.29) is 0 Å². The summed E-state index contributed by atoms with van der Waals surface area (Å²) in [5.74, 6) is 1.57. The SMILES string of the molecule is C[n+]1ccn(-c2cccc(Oc3cccc(-c4cc(-c5ccccc5)ccn4)c3)c2)c1. The highest BCUT2D eigenvalue weighted by Gasteiger charge is 2.08. The quantitative estimate of drug-likeness (QED) is 0.346. The van der Waals surface area contributed by atoms with Crippen LogP contribution in [-0.4, -0.2) is 9.55 Å². The van der Waals surface area contributed by atoms with Crippen molar-refractivity contribution in [2.75, 3.05) is 0 Å². The lowest BCUT2D eigenvalue weighted by Gasteiger charge is -2.09. The third-order valence-electron chi connectivity index (χ3n) is 5.12. The van der Waals surface area contributed by atoms with E-state index in [4.69, 9.17) is 4.74 Å². The van der Waals surface area contributed by atoms with Gasteiger partial charge in [0.15, 0.2) is 0 Å². The summed E-state index contributed by atoms with van der Waals surface area (Å²) < 4.78 is 10.2. The van der Waals surface area contributed by atoms with Crippen LogP contribution in [0.5, 0.6) is 11.5 Å². The number of ether oxygens (including phenoxy) is 1. The van der Waals surface area contributed by atoms with Crippen molar-refractivity contribution in [3.8, 4) is 39.6 Å². The molecule has 4 nitrogen and oxygen atoms in total. The Morgan fingerprint density at radius 1 is 0.742 bits per heavy atom. The van der Waals surface area contributed by atoms with Crippen molar-refractivity contribution in [2.24, 2.45) is 7.05 Å². The number of pyridine rings is 1. The molecule has 3 aromatic carbocycles. The van der Waals surface area contributed by atoms with E-state index in [1.165, 1.54) is 5.56 Å². The molecular weight excluding hydrogens is 382 g/mol. The van der Waals surface area contributed by atoms with Crippen LogP contribution in [0.2, 0.25) is 0 Å². The number of aryl methyl sites for hydroxylation is 1. The molecule has 0 bridgehead atoms. The first-order valence-corrected chi connectivity index (χ1v) is 10.2. The molecule has 31 heavy (non-hydrogen) atoms. The zero-order valence-electron chi connectivity index (χ0n) is 17.2. The Morgan fingerprint density at radius 3 is 2.32 bits per heavy atom. The Kier molecular flexibility index (Phi) is 5.03. The molecule has 0 spiro atoms. The van der Waals surface area contributed by atoms with Crippen molar-refractivity contribution < 1.29 is 9.30 Å². The molecule has 0 aliphatic heterocycles. The number of nitrogens with zero attached hydrogens (tertiary/aromatic N) is 3. The van der Waals surface area contributed by atoms with Crippen LogP contribution in [0.25, 0.3) is 28.1 Å². The first-order chi connectivity index (χ1) is 15.2. The molecule has 5 rings (SSSR count). The van der Waals surface area contributed by atoms with Gasteiger partial charge in [-0.15, -0.1) is 0 Å². The van der Waals surface area contributed by atoms with E-state index in [9.17, 15) is 0 Å². The first-order valence-electron chi connectivity index (χ1n) is 10.2. The lowest BCUT2D eigenvalue weighted by atomic mass is 10.0. The molecule has 0 aliphatic carbocycles. The first kappa shape index (κ1) is 18.8. The molecule has 4 heteroatoms. The molecule has 150 valence electrons. The van der Waals surface area contributed by atoms with Crippen LogP contribution >= 0.6 is 0 Å². The third kappa shape index (κ3) is 4.23. The molecule has 0 amide bonds. The van der Waals surface area contributed by atoms with Gasteiger partial charge in [-0.05, 0) is 47.5 Å². The smallest absolute Gasteiger partial charge is 0.248 e. The van der Waals surface area contributed by atoms with Gasteiger partial charge in [0.2, 0.25) is 6.33 Å². The largest absolute Gasteiger partial charge is 0.457 e. The maximum absolute atomic E-state index is 6.18. The van der Waals surface area contributed by atoms with Crippen molar-refractivity contribution in [1.82, 2.24) is 9.55 Å². The summed E-state index contributed by atoms with van der Waals surface area (Å²) in [6.45, 7) is 0. The predicted molar refractivity (Wildman–Crippen MR) is 122 cm³/mol. The Bertz CT molecular complexity index is 1330. The average molecular weight is 404 g/mol. The second-order valence-electron chi connectivity index (χ2n) is 7.41.